The highest BCUT2D eigenvalue weighted by molar-refractivity contribution is 5.53. The molecule has 24 heavy (non-hydrogen) atoms. The van der Waals surface area contributed by atoms with Gasteiger partial charge in [0.25, 0.3) is 0 Å². The van der Waals surface area contributed by atoms with Crippen LogP contribution in [0.3, 0.4) is 0 Å². The molecule has 0 amide bonds. The Balaban J connectivity index is 1.48. The summed E-state index contributed by atoms with van der Waals surface area (Å²) in [7, 11) is 0. The molecule has 5 heteroatoms. The number of imidazole rings is 1. The first-order valence-corrected chi connectivity index (χ1v) is 9.56. The van der Waals surface area contributed by atoms with Crippen molar-refractivity contribution in [2.45, 2.75) is 31.7 Å². The Morgan fingerprint density at radius 2 is 2.00 bits per heavy atom. The lowest BCUT2D eigenvalue weighted by molar-refractivity contribution is 0.152. The van der Waals surface area contributed by atoms with E-state index in [2.05, 4.69) is 43.9 Å². The Morgan fingerprint density at radius 3 is 2.83 bits per heavy atom. The maximum absolute atomic E-state index is 5.00. The Kier molecular flexibility index (Phi) is 3.71. The van der Waals surface area contributed by atoms with Gasteiger partial charge in [0.2, 0.25) is 0 Å². The first-order chi connectivity index (χ1) is 11.9. The third-order valence-electron chi connectivity index (χ3n) is 5.80. The summed E-state index contributed by atoms with van der Waals surface area (Å²) < 4.78 is 2.31. The summed E-state index contributed by atoms with van der Waals surface area (Å²) >= 11 is 0. The molecule has 4 heterocycles. The summed E-state index contributed by atoms with van der Waals surface area (Å²) in [6.45, 7) is 6.87. The Bertz CT molecular complexity index is 714. The second-order valence-electron chi connectivity index (χ2n) is 7.63. The Labute approximate surface area is 143 Å². The number of hydrogen-bond donors (Lipinski definition) is 1. The van der Waals surface area contributed by atoms with Crippen LogP contribution in [0, 0.1) is 5.92 Å². The number of rotatable bonds is 4. The van der Waals surface area contributed by atoms with Crippen LogP contribution in [0.5, 0.6) is 0 Å². The molecule has 3 aliphatic rings. The van der Waals surface area contributed by atoms with E-state index in [4.69, 9.17) is 4.98 Å². The molecule has 0 spiro atoms. The molecular weight excluding hydrogens is 298 g/mol. The molecule has 2 aliphatic heterocycles. The molecule has 1 N–H and O–H groups in total. The summed E-state index contributed by atoms with van der Waals surface area (Å²) in [6.07, 6.45) is 7.74. The van der Waals surface area contributed by atoms with Crippen molar-refractivity contribution in [1.29, 1.82) is 0 Å². The second-order valence-corrected chi connectivity index (χ2v) is 7.63. The lowest BCUT2D eigenvalue weighted by Crippen LogP contribution is -2.46. The van der Waals surface area contributed by atoms with Gasteiger partial charge < -0.3 is 10.2 Å². The van der Waals surface area contributed by atoms with Crippen LogP contribution in [0.25, 0.3) is 5.65 Å². The van der Waals surface area contributed by atoms with Crippen molar-refractivity contribution < 1.29 is 0 Å². The zero-order valence-corrected chi connectivity index (χ0v) is 14.3. The van der Waals surface area contributed by atoms with Crippen LogP contribution < -0.4 is 10.2 Å². The Morgan fingerprint density at radius 1 is 1.12 bits per heavy atom. The van der Waals surface area contributed by atoms with E-state index in [0.29, 0.717) is 6.04 Å². The molecule has 5 nitrogen and oxygen atoms in total. The van der Waals surface area contributed by atoms with Gasteiger partial charge in [0, 0.05) is 45.5 Å². The van der Waals surface area contributed by atoms with Crippen LogP contribution in [-0.4, -0.2) is 53.6 Å². The first kappa shape index (κ1) is 14.7. The molecule has 2 aromatic heterocycles. The van der Waals surface area contributed by atoms with Crippen LogP contribution in [0.2, 0.25) is 0 Å². The average molecular weight is 325 g/mol. The second kappa shape index (κ2) is 6.05. The van der Waals surface area contributed by atoms with Gasteiger partial charge in [-0.05, 0) is 43.7 Å². The van der Waals surface area contributed by atoms with E-state index in [1.807, 2.05) is 0 Å². The molecule has 0 unspecified atom stereocenters. The van der Waals surface area contributed by atoms with Gasteiger partial charge in [-0.25, -0.2) is 4.98 Å². The van der Waals surface area contributed by atoms with E-state index >= 15 is 0 Å². The number of nitrogens with one attached hydrogen (secondary N) is 1. The largest absolute Gasteiger partial charge is 0.358 e. The van der Waals surface area contributed by atoms with Crippen LogP contribution in [0.15, 0.2) is 24.4 Å². The van der Waals surface area contributed by atoms with Gasteiger partial charge in [0.15, 0.2) is 0 Å². The molecule has 2 saturated heterocycles. The van der Waals surface area contributed by atoms with Crippen LogP contribution in [0.4, 0.5) is 5.82 Å². The van der Waals surface area contributed by atoms with E-state index in [0.717, 1.165) is 31.2 Å². The summed E-state index contributed by atoms with van der Waals surface area (Å²) in [6, 6.07) is 6.96. The van der Waals surface area contributed by atoms with Crippen molar-refractivity contribution >= 4 is 11.5 Å². The maximum Gasteiger partial charge on any atom is 0.138 e. The molecule has 5 rings (SSSR count). The van der Waals surface area contributed by atoms with Gasteiger partial charge in [-0.1, -0.05) is 6.07 Å². The maximum atomic E-state index is 5.00. The lowest BCUT2D eigenvalue weighted by atomic mass is 10.1. The van der Waals surface area contributed by atoms with E-state index in [9.17, 15) is 0 Å². The molecule has 1 saturated carbocycles. The summed E-state index contributed by atoms with van der Waals surface area (Å²) in [4.78, 5) is 10.2. The monoisotopic (exact) mass is 325 g/mol. The molecule has 128 valence electrons. The molecule has 0 bridgehead atoms. The fourth-order valence-electron chi connectivity index (χ4n) is 4.27. The van der Waals surface area contributed by atoms with Crippen LogP contribution in [-0.2, 0) is 0 Å². The molecule has 0 radical (unpaired) electrons. The summed E-state index contributed by atoms with van der Waals surface area (Å²) in [5.41, 5.74) is 2.32. The minimum absolute atomic E-state index is 0.422. The van der Waals surface area contributed by atoms with Crippen molar-refractivity contribution in [3.8, 4) is 0 Å². The van der Waals surface area contributed by atoms with E-state index < -0.39 is 0 Å². The minimum atomic E-state index is 0.422. The van der Waals surface area contributed by atoms with Gasteiger partial charge in [0.1, 0.15) is 11.5 Å². The molecular formula is C19H27N5. The van der Waals surface area contributed by atoms with Gasteiger partial charge in [-0.3, -0.25) is 9.30 Å². The number of hydrogen-bond acceptors (Lipinski definition) is 4. The predicted molar refractivity (Wildman–Crippen MR) is 96.5 cm³/mol. The first-order valence-electron chi connectivity index (χ1n) is 9.56. The zero-order chi connectivity index (χ0) is 15.9. The molecule has 0 aromatic carbocycles. The number of nitrogens with zero attached hydrogens (tertiary/aromatic N) is 4. The van der Waals surface area contributed by atoms with Gasteiger partial charge in [0.05, 0.1) is 11.7 Å². The summed E-state index contributed by atoms with van der Waals surface area (Å²) in [5.74, 6) is 2.24. The summed E-state index contributed by atoms with van der Waals surface area (Å²) in [5, 5.41) is 3.57. The fraction of sp³-hybridized carbons (Fsp3) is 0.632. The highest BCUT2D eigenvalue weighted by Gasteiger charge is 2.31. The zero-order valence-electron chi connectivity index (χ0n) is 14.3. The topological polar surface area (TPSA) is 35.8 Å². The third-order valence-corrected chi connectivity index (χ3v) is 5.80. The quantitative estimate of drug-likeness (QED) is 0.936. The standard InChI is InChI=1S/C19H27N5/c1-2-10-22(9-1)19-5-3-4-18-21-16(14-24(18)19)17-12-20-8-11-23(17)13-15-6-7-15/h3-5,14-15,17,20H,1-2,6-13H2/t17-/m0/s1. The van der Waals surface area contributed by atoms with Crippen LogP contribution in [0.1, 0.15) is 37.4 Å². The highest BCUT2D eigenvalue weighted by Crippen LogP contribution is 2.33. The van der Waals surface area contributed by atoms with Crippen LogP contribution >= 0.6 is 0 Å². The van der Waals surface area contributed by atoms with Gasteiger partial charge in [-0.2, -0.15) is 0 Å². The highest BCUT2D eigenvalue weighted by atomic mass is 15.3. The molecule has 3 fully saturated rings. The van der Waals surface area contributed by atoms with Crippen molar-refractivity contribution in [2.24, 2.45) is 5.92 Å². The number of anilines is 1. The van der Waals surface area contributed by atoms with Gasteiger partial charge >= 0.3 is 0 Å². The van der Waals surface area contributed by atoms with E-state index in [1.165, 1.54) is 56.8 Å². The Hall–Kier alpha value is -1.59. The van der Waals surface area contributed by atoms with E-state index in [-0.39, 0.29) is 0 Å². The van der Waals surface area contributed by atoms with Crippen molar-refractivity contribution in [1.82, 2.24) is 19.6 Å². The van der Waals surface area contributed by atoms with Crippen molar-refractivity contribution in [3.05, 3.63) is 30.1 Å². The van der Waals surface area contributed by atoms with Gasteiger partial charge in [-0.15, -0.1) is 0 Å². The van der Waals surface area contributed by atoms with Crippen molar-refractivity contribution in [3.63, 3.8) is 0 Å². The predicted octanol–water partition coefficient (Wildman–Crippen LogP) is 2.29. The van der Waals surface area contributed by atoms with E-state index in [1.54, 1.807) is 0 Å². The minimum Gasteiger partial charge on any atom is -0.358 e. The number of piperazine rings is 1. The lowest BCUT2D eigenvalue weighted by Gasteiger charge is -2.35. The number of fused-ring (bicyclic) bond motifs is 1. The SMILES string of the molecule is c1cc(N2CCCC2)n2cc([C@@H]3CNCCN3CC3CC3)nc2c1. The molecule has 1 atom stereocenters. The number of pyridine rings is 1. The van der Waals surface area contributed by atoms with Crippen molar-refractivity contribution in [2.75, 3.05) is 44.2 Å². The average Bonchev–Trinajstić information content (AvgIpc) is 3.12. The third kappa shape index (κ3) is 2.70. The number of aromatic nitrogens is 2. The smallest absolute Gasteiger partial charge is 0.138 e. The fourth-order valence-corrected chi connectivity index (χ4v) is 4.27. The molecule has 2 aromatic rings. The normalized spacial score (nSPS) is 25.7. The molecule has 1 aliphatic carbocycles.